The van der Waals surface area contributed by atoms with E-state index in [4.69, 9.17) is 0 Å². The van der Waals surface area contributed by atoms with E-state index in [2.05, 4.69) is 9.82 Å². The van der Waals surface area contributed by atoms with Gasteiger partial charge in [-0.3, -0.25) is 9.48 Å². The lowest BCUT2D eigenvalue weighted by atomic mass is 10.1. The van der Waals surface area contributed by atoms with Crippen molar-refractivity contribution in [2.24, 2.45) is 0 Å². The number of nitrogens with zero attached hydrogens (tertiary/aromatic N) is 3. The molecular formula is C15H20N4O3S2. The largest absolute Gasteiger partial charge is 0.330 e. The number of rotatable bonds is 5. The van der Waals surface area contributed by atoms with Crippen molar-refractivity contribution in [3.63, 3.8) is 0 Å². The molecule has 0 spiro atoms. The minimum atomic E-state index is -3.22. The number of carbonyl (C=O) groups is 1. The van der Waals surface area contributed by atoms with Crippen LogP contribution in [0, 0.1) is 6.92 Å². The van der Waals surface area contributed by atoms with Crippen molar-refractivity contribution in [2.45, 2.75) is 25.9 Å². The topological polar surface area (TPSA) is 84.3 Å². The van der Waals surface area contributed by atoms with Gasteiger partial charge in [-0.05, 0) is 31.5 Å². The first-order valence-electron chi connectivity index (χ1n) is 7.66. The molecule has 1 unspecified atom stereocenters. The van der Waals surface area contributed by atoms with Crippen LogP contribution in [0.1, 0.15) is 32.7 Å². The first kappa shape index (κ1) is 17.1. The SMILES string of the molecule is Cc1ccc(C(=O)N2Cc3ccnn3C(CCNS(C)(=O)=O)C2)s1. The number of amides is 1. The third kappa shape index (κ3) is 3.85. The Labute approximate surface area is 145 Å². The second kappa shape index (κ2) is 6.66. The molecule has 1 atom stereocenters. The van der Waals surface area contributed by atoms with Crippen LogP contribution in [-0.2, 0) is 16.6 Å². The second-order valence-corrected chi connectivity index (χ2v) is 9.09. The predicted molar refractivity (Wildman–Crippen MR) is 92.5 cm³/mol. The van der Waals surface area contributed by atoms with Crippen molar-refractivity contribution in [1.29, 1.82) is 0 Å². The van der Waals surface area contributed by atoms with Crippen LogP contribution in [0.4, 0.5) is 0 Å². The maximum atomic E-state index is 12.7. The van der Waals surface area contributed by atoms with E-state index in [1.165, 1.54) is 11.3 Å². The Balaban J connectivity index is 1.74. The van der Waals surface area contributed by atoms with Gasteiger partial charge in [-0.25, -0.2) is 13.1 Å². The first-order chi connectivity index (χ1) is 11.3. The Morgan fingerprint density at radius 1 is 1.42 bits per heavy atom. The standard InChI is InChI=1S/C15H20N4O3S2/c1-11-3-4-14(23-11)15(20)18-9-12-5-7-16-19(12)13(10-18)6-8-17-24(2,21)22/h3-5,7,13,17H,6,8-10H2,1-2H3. The van der Waals surface area contributed by atoms with Crippen molar-refractivity contribution < 1.29 is 13.2 Å². The molecule has 0 saturated heterocycles. The lowest BCUT2D eigenvalue weighted by molar-refractivity contribution is 0.0669. The average Bonchev–Trinajstić information content (AvgIpc) is 3.13. The molecule has 0 radical (unpaired) electrons. The van der Waals surface area contributed by atoms with Gasteiger partial charge in [0.05, 0.1) is 29.4 Å². The summed E-state index contributed by atoms with van der Waals surface area (Å²) in [5.74, 6) is 0.0154. The van der Waals surface area contributed by atoms with Gasteiger partial charge in [0, 0.05) is 24.2 Å². The molecular weight excluding hydrogens is 348 g/mol. The Hall–Kier alpha value is -1.71. The molecule has 9 heteroatoms. The molecule has 1 aliphatic heterocycles. The highest BCUT2D eigenvalue weighted by atomic mass is 32.2. The van der Waals surface area contributed by atoms with Crippen molar-refractivity contribution in [1.82, 2.24) is 19.4 Å². The summed E-state index contributed by atoms with van der Waals surface area (Å²) in [4.78, 5) is 16.4. The lowest BCUT2D eigenvalue weighted by Gasteiger charge is -2.33. The summed E-state index contributed by atoms with van der Waals surface area (Å²) in [6.07, 6.45) is 3.44. The normalized spacial score (nSPS) is 17.8. The summed E-state index contributed by atoms with van der Waals surface area (Å²) >= 11 is 1.49. The van der Waals surface area contributed by atoms with Gasteiger partial charge in [0.15, 0.2) is 0 Å². The van der Waals surface area contributed by atoms with E-state index in [0.29, 0.717) is 26.1 Å². The highest BCUT2D eigenvalue weighted by Crippen LogP contribution is 2.26. The van der Waals surface area contributed by atoms with Crippen LogP contribution < -0.4 is 4.72 Å². The highest BCUT2D eigenvalue weighted by Gasteiger charge is 2.29. The summed E-state index contributed by atoms with van der Waals surface area (Å²) in [6, 6.07) is 5.66. The molecule has 0 aliphatic carbocycles. The molecule has 3 rings (SSSR count). The predicted octanol–water partition coefficient (Wildman–Crippen LogP) is 1.39. The Kier molecular flexibility index (Phi) is 4.75. The fourth-order valence-electron chi connectivity index (χ4n) is 2.87. The van der Waals surface area contributed by atoms with Gasteiger partial charge in [-0.2, -0.15) is 5.10 Å². The zero-order valence-corrected chi connectivity index (χ0v) is 15.2. The van der Waals surface area contributed by atoms with Crippen LogP contribution in [0.3, 0.4) is 0 Å². The van der Waals surface area contributed by atoms with Crippen molar-refractivity contribution in [3.05, 3.63) is 39.8 Å². The van der Waals surface area contributed by atoms with Crippen LogP contribution in [-0.4, -0.2) is 48.4 Å². The molecule has 1 N–H and O–H groups in total. The van der Waals surface area contributed by atoms with Crippen molar-refractivity contribution >= 4 is 27.3 Å². The van der Waals surface area contributed by atoms with E-state index in [1.807, 2.05) is 34.7 Å². The molecule has 0 bridgehead atoms. The van der Waals surface area contributed by atoms with Crippen LogP contribution in [0.2, 0.25) is 0 Å². The van der Waals surface area contributed by atoms with Gasteiger partial charge in [-0.1, -0.05) is 0 Å². The minimum Gasteiger partial charge on any atom is -0.330 e. The number of carbonyl (C=O) groups excluding carboxylic acids is 1. The van der Waals surface area contributed by atoms with Crippen LogP contribution >= 0.6 is 11.3 Å². The zero-order valence-electron chi connectivity index (χ0n) is 13.6. The van der Waals surface area contributed by atoms with Gasteiger partial charge in [0.25, 0.3) is 5.91 Å². The molecule has 0 fully saturated rings. The number of thiophene rings is 1. The quantitative estimate of drug-likeness (QED) is 0.864. The Morgan fingerprint density at radius 2 is 2.21 bits per heavy atom. The Bertz CT molecular complexity index is 841. The molecule has 0 aromatic carbocycles. The fraction of sp³-hybridized carbons (Fsp3) is 0.467. The smallest absolute Gasteiger partial charge is 0.264 e. The van der Waals surface area contributed by atoms with E-state index in [-0.39, 0.29) is 11.9 Å². The number of fused-ring (bicyclic) bond motifs is 1. The van der Waals surface area contributed by atoms with E-state index in [1.54, 1.807) is 6.20 Å². The lowest BCUT2D eigenvalue weighted by Crippen LogP contribution is -2.42. The van der Waals surface area contributed by atoms with E-state index >= 15 is 0 Å². The fourth-order valence-corrected chi connectivity index (χ4v) is 4.20. The number of aryl methyl sites for hydroxylation is 1. The highest BCUT2D eigenvalue weighted by molar-refractivity contribution is 7.88. The van der Waals surface area contributed by atoms with Gasteiger partial charge in [0.2, 0.25) is 10.0 Å². The molecule has 130 valence electrons. The van der Waals surface area contributed by atoms with Crippen molar-refractivity contribution in [2.75, 3.05) is 19.3 Å². The number of hydrogen-bond donors (Lipinski definition) is 1. The van der Waals surface area contributed by atoms with Gasteiger partial charge < -0.3 is 4.90 Å². The molecule has 0 saturated carbocycles. The van der Waals surface area contributed by atoms with Gasteiger partial charge in [0.1, 0.15) is 0 Å². The summed E-state index contributed by atoms with van der Waals surface area (Å²) < 4.78 is 26.9. The number of hydrogen-bond acceptors (Lipinski definition) is 5. The third-order valence-corrected chi connectivity index (χ3v) is 5.68. The second-order valence-electron chi connectivity index (χ2n) is 5.97. The zero-order chi connectivity index (χ0) is 17.3. The maximum absolute atomic E-state index is 12.7. The number of aromatic nitrogens is 2. The maximum Gasteiger partial charge on any atom is 0.264 e. The molecule has 7 nitrogen and oxygen atoms in total. The molecule has 1 amide bonds. The summed E-state index contributed by atoms with van der Waals surface area (Å²) in [7, 11) is -3.22. The summed E-state index contributed by atoms with van der Waals surface area (Å²) in [5.41, 5.74) is 0.965. The van der Waals surface area contributed by atoms with E-state index in [9.17, 15) is 13.2 Å². The molecule has 2 aromatic rings. The Morgan fingerprint density at radius 3 is 2.88 bits per heavy atom. The molecule has 1 aliphatic rings. The van der Waals surface area contributed by atoms with E-state index < -0.39 is 10.0 Å². The van der Waals surface area contributed by atoms with E-state index in [0.717, 1.165) is 21.7 Å². The molecule has 2 aromatic heterocycles. The minimum absolute atomic E-state index is 0.0154. The van der Waals surface area contributed by atoms with Crippen LogP contribution in [0.5, 0.6) is 0 Å². The third-order valence-electron chi connectivity index (χ3n) is 3.96. The monoisotopic (exact) mass is 368 g/mol. The summed E-state index contributed by atoms with van der Waals surface area (Å²) in [5, 5.41) is 4.33. The first-order valence-corrected chi connectivity index (χ1v) is 10.4. The number of sulfonamides is 1. The number of nitrogens with one attached hydrogen (secondary N) is 1. The average molecular weight is 368 g/mol. The molecule has 3 heterocycles. The van der Waals surface area contributed by atoms with Crippen LogP contribution in [0.25, 0.3) is 0 Å². The summed E-state index contributed by atoms with van der Waals surface area (Å²) in [6.45, 7) is 3.34. The van der Waals surface area contributed by atoms with Crippen molar-refractivity contribution in [3.8, 4) is 0 Å². The van der Waals surface area contributed by atoms with Gasteiger partial charge in [-0.15, -0.1) is 11.3 Å². The van der Waals surface area contributed by atoms with Gasteiger partial charge >= 0.3 is 0 Å². The molecule has 24 heavy (non-hydrogen) atoms. The van der Waals surface area contributed by atoms with Crippen LogP contribution in [0.15, 0.2) is 24.4 Å².